The molecule has 0 unspecified atom stereocenters. The molecule has 1 N–H and O–H groups in total. The van der Waals surface area contributed by atoms with Crippen LogP contribution >= 0.6 is 0 Å². The second-order valence-electron chi connectivity index (χ2n) is 5.32. The molecular formula is C14H17N3O5S. The predicted molar refractivity (Wildman–Crippen MR) is 83.6 cm³/mol. The molecule has 0 bridgehead atoms. The van der Waals surface area contributed by atoms with Crippen LogP contribution in [0.4, 0.5) is 0 Å². The first kappa shape index (κ1) is 16.9. The van der Waals surface area contributed by atoms with Crippen molar-refractivity contribution < 1.29 is 23.1 Å². The van der Waals surface area contributed by atoms with Gasteiger partial charge in [0, 0.05) is 13.3 Å². The topological polar surface area (TPSA) is 110 Å². The molecule has 23 heavy (non-hydrogen) atoms. The molecule has 1 aromatic heterocycles. The van der Waals surface area contributed by atoms with Crippen LogP contribution in [0.3, 0.4) is 0 Å². The van der Waals surface area contributed by atoms with Gasteiger partial charge in [0.05, 0.1) is 11.0 Å². The fourth-order valence-corrected chi connectivity index (χ4v) is 2.88. The Labute approximate surface area is 133 Å². The number of benzene rings is 1. The number of sulfone groups is 1. The molecule has 0 fully saturated rings. The molecule has 2 aromatic rings. The van der Waals surface area contributed by atoms with Crippen molar-refractivity contribution in [1.29, 1.82) is 0 Å². The van der Waals surface area contributed by atoms with Crippen LogP contribution in [0.25, 0.3) is 11.0 Å². The number of nitrogens with zero attached hydrogens (tertiary/aromatic N) is 3. The summed E-state index contributed by atoms with van der Waals surface area (Å²) >= 11 is 0. The molecule has 0 aliphatic heterocycles. The van der Waals surface area contributed by atoms with Gasteiger partial charge in [-0.1, -0.05) is 12.1 Å². The standard InChI is InChI=1S/C14H17N3O5S/c1-16(8-14(19)20)13(18)7-17-11-6-4-3-5-10(11)15-12(17)9-23(2,21)22/h3-6H,7-9H2,1-2H3,(H,19,20). The molecule has 0 spiro atoms. The number of carbonyl (C=O) groups is 2. The van der Waals surface area contributed by atoms with Crippen molar-refractivity contribution in [2.45, 2.75) is 12.3 Å². The molecule has 0 radical (unpaired) electrons. The monoisotopic (exact) mass is 339 g/mol. The Bertz CT molecular complexity index is 856. The summed E-state index contributed by atoms with van der Waals surface area (Å²) in [6.45, 7) is -0.595. The zero-order valence-electron chi connectivity index (χ0n) is 12.8. The van der Waals surface area contributed by atoms with E-state index in [1.54, 1.807) is 24.3 Å². The first-order valence-corrected chi connectivity index (χ1v) is 8.81. The molecule has 0 aliphatic rings. The number of hydrogen-bond donors (Lipinski definition) is 1. The SMILES string of the molecule is CN(CC(=O)O)C(=O)Cn1c(CS(C)(=O)=O)nc2ccccc21. The summed E-state index contributed by atoms with van der Waals surface area (Å²) in [6.07, 6.45) is 1.09. The van der Waals surface area contributed by atoms with E-state index in [1.807, 2.05) is 0 Å². The highest BCUT2D eigenvalue weighted by atomic mass is 32.2. The molecule has 124 valence electrons. The molecular weight excluding hydrogens is 322 g/mol. The lowest BCUT2D eigenvalue weighted by molar-refractivity contribution is -0.143. The molecule has 1 heterocycles. The maximum absolute atomic E-state index is 12.2. The van der Waals surface area contributed by atoms with Crippen molar-refractivity contribution in [2.24, 2.45) is 0 Å². The van der Waals surface area contributed by atoms with Crippen molar-refractivity contribution in [3.63, 3.8) is 0 Å². The normalized spacial score (nSPS) is 11.6. The van der Waals surface area contributed by atoms with Gasteiger partial charge in [-0.2, -0.15) is 0 Å². The van der Waals surface area contributed by atoms with Gasteiger partial charge in [-0.05, 0) is 12.1 Å². The number of para-hydroxylation sites is 2. The molecule has 0 saturated heterocycles. The van der Waals surface area contributed by atoms with E-state index < -0.39 is 28.3 Å². The summed E-state index contributed by atoms with van der Waals surface area (Å²) < 4.78 is 24.6. The zero-order chi connectivity index (χ0) is 17.2. The Kier molecular flexibility index (Phi) is 4.69. The average molecular weight is 339 g/mol. The number of imidazole rings is 1. The quantitative estimate of drug-likeness (QED) is 0.801. The number of aliphatic carboxylic acids is 1. The molecule has 8 nitrogen and oxygen atoms in total. The van der Waals surface area contributed by atoms with Gasteiger partial charge in [-0.25, -0.2) is 13.4 Å². The molecule has 1 amide bonds. The third kappa shape index (κ3) is 4.28. The molecule has 1 aromatic carbocycles. The van der Waals surface area contributed by atoms with Gasteiger partial charge in [-0.15, -0.1) is 0 Å². The summed E-state index contributed by atoms with van der Waals surface area (Å²) in [6, 6.07) is 6.99. The lowest BCUT2D eigenvalue weighted by atomic mass is 10.3. The van der Waals surface area contributed by atoms with Crippen LogP contribution in [0.1, 0.15) is 5.82 Å². The third-order valence-electron chi connectivity index (χ3n) is 3.22. The van der Waals surface area contributed by atoms with E-state index in [0.29, 0.717) is 11.0 Å². The predicted octanol–water partition coefficient (Wildman–Crippen LogP) is 0.124. The van der Waals surface area contributed by atoms with Gasteiger partial charge in [0.1, 0.15) is 24.7 Å². The smallest absolute Gasteiger partial charge is 0.323 e. The number of aromatic nitrogens is 2. The van der Waals surface area contributed by atoms with Gasteiger partial charge in [-0.3, -0.25) is 9.59 Å². The van der Waals surface area contributed by atoms with Crippen molar-refractivity contribution in [3.8, 4) is 0 Å². The van der Waals surface area contributed by atoms with Gasteiger partial charge in [0.15, 0.2) is 9.84 Å². The third-order valence-corrected chi connectivity index (χ3v) is 4.00. The molecule has 2 rings (SSSR count). The summed E-state index contributed by atoms with van der Waals surface area (Å²) in [7, 11) is -1.94. The Morgan fingerprint density at radius 1 is 1.30 bits per heavy atom. The highest BCUT2D eigenvalue weighted by molar-refractivity contribution is 7.89. The number of carboxylic acid groups (broad SMARTS) is 1. The van der Waals surface area contributed by atoms with Crippen LogP contribution in [-0.2, 0) is 31.7 Å². The highest BCUT2D eigenvalue weighted by Gasteiger charge is 2.19. The zero-order valence-corrected chi connectivity index (χ0v) is 13.6. The van der Waals surface area contributed by atoms with Gasteiger partial charge in [0.25, 0.3) is 0 Å². The number of fused-ring (bicyclic) bond motifs is 1. The van der Waals surface area contributed by atoms with Gasteiger partial charge >= 0.3 is 5.97 Å². The fraction of sp³-hybridized carbons (Fsp3) is 0.357. The van der Waals surface area contributed by atoms with Crippen molar-refractivity contribution in [2.75, 3.05) is 19.8 Å². The minimum absolute atomic E-state index is 0.171. The second kappa shape index (κ2) is 6.37. The lowest BCUT2D eigenvalue weighted by Crippen LogP contribution is -2.34. The number of amides is 1. The van der Waals surface area contributed by atoms with E-state index >= 15 is 0 Å². The second-order valence-corrected chi connectivity index (χ2v) is 7.46. The maximum atomic E-state index is 12.2. The summed E-state index contributed by atoms with van der Waals surface area (Å²) in [5, 5.41) is 8.75. The Hall–Kier alpha value is -2.42. The first-order chi connectivity index (χ1) is 10.7. The summed E-state index contributed by atoms with van der Waals surface area (Å²) in [5.74, 6) is -1.60. The summed E-state index contributed by atoms with van der Waals surface area (Å²) in [5.41, 5.74) is 1.21. The first-order valence-electron chi connectivity index (χ1n) is 6.75. The number of hydrogen-bond acceptors (Lipinski definition) is 5. The number of carbonyl (C=O) groups excluding carboxylic acids is 1. The van der Waals surface area contributed by atoms with Crippen LogP contribution < -0.4 is 0 Å². The van der Waals surface area contributed by atoms with Crippen LogP contribution in [0.5, 0.6) is 0 Å². The summed E-state index contributed by atoms with van der Waals surface area (Å²) in [4.78, 5) is 28.2. The maximum Gasteiger partial charge on any atom is 0.323 e. The van der Waals surface area contributed by atoms with E-state index in [4.69, 9.17) is 5.11 Å². The minimum atomic E-state index is -3.32. The van der Waals surface area contributed by atoms with E-state index in [2.05, 4.69) is 4.98 Å². The Morgan fingerprint density at radius 3 is 2.57 bits per heavy atom. The Morgan fingerprint density at radius 2 is 1.96 bits per heavy atom. The van der Waals surface area contributed by atoms with Crippen molar-refractivity contribution in [1.82, 2.24) is 14.5 Å². The van der Waals surface area contributed by atoms with Crippen LogP contribution in [0, 0.1) is 0 Å². The van der Waals surface area contributed by atoms with E-state index in [1.165, 1.54) is 11.6 Å². The molecule has 0 aliphatic carbocycles. The van der Waals surface area contributed by atoms with Crippen LogP contribution in [-0.4, -0.2) is 59.7 Å². The molecule has 0 saturated carbocycles. The number of carboxylic acids is 1. The number of rotatable bonds is 6. The Balaban J connectivity index is 2.39. The average Bonchev–Trinajstić information content (AvgIpc) is 2.74. The van der Waals surface area contributed by atoms with Gasteiger partial charge < -0.3 is 14.6 Å². The van der Waals surface area contributed by atoms with Crippen LogP contribution in [0.15, 0.2) is 24.3 Å². The largest absolute Gasteiger partial charge is 0.480 e. The lowest BCUT2D eigenvalue weighted by Gasteiger charge is -2.16. The van der Waals surface area contributed by atoms with E-state index in [-0.39, 0.29) is 18.1 Å². The fourth-order valence-electron chi connectivity index (χ4n) is 2.19. The highest BCUT2D eigenvalue weighted by Crippen LogP contribution is 2.18. The van der Waals surface area contributed by atoms with E-state index in [9.17, 15) is 18.0 Å². The molecule has 9 heteroatoms. The van der Waals surface area contributed by atoms with Crippen molar-refractivity contribution in [3.05, 3.63) is 30.1 Å². The van der Waals surface area contributed by atoms with Gasteiger partial charge in [0.2, 0.25) is 5.91 Å². The number of likely N-dealkylation sites (N-methyl/N-ethyl adjacent to an activating group) is 1. The minimum Gasteiger partial charge on any atom is -0.480 e. The van der Waals surface area contributed by atoms with E-state index in [0.717, 1.165) is 11.2 Å². The van der Waals surface area contributed by atoms with Crippen molar-refractivity contribution >= 4 is 32.7 Å². The van der Waals surface area contributed by atoms with Crippen LogP contribution in [0.2, 0.25) is 0 Å². The molecule has 0 atom stereocenters.